The molecule has 2 unspecified atom stereocenters. The van der Waals surface area contributed by atoms with E-state index in [4.69, 9.17) is 0 Å². The van der Waals surface area contributed by atoms with E-state index in [1.807, 2.05) is 0 Å². The van der Waals surface area contributed by atoms with E-state index in [2.05, 4.69) is 92.1 Å². The van der Waals surface area contributed by atoms with Gasteiger partial charge in [-0.25, -0.2) is 0 Å². The van der Waals surface area contributed by atoms with E-state index < -0.39 is 12.1 Å². The van der Waals surface area contributed by atoms with Crippen LogP contribution in [0.5, 0.6) is 0 Å². The number of amides is 1. The number of allylic oxidation sites excluding steroid dienone is 12. The summed E-state index contributed by atoms with van der Waals surface area (Å²) in [6.45, 7) is 4.27. The molecule has 0 saturated heterocycles. The first-order valence-electron chi connectivity index (χ1n) is 29.1. The minimum atomic E-state index is -0.665. The zero-order chi connectivity index (χ0) is 47.7. The monoisotopic (exact) mass is 920 g/mol. The predicted octanol–water partition coefficient (Wildman–Crippen LogP) is 19.4. The van der Waals surface area contributed by atoms with Crippen LogP contribution in [0.4, 0.5) is 0 Å². The second-order valence-electron chi connectivity index (χ2n) is 19.7. The summed E-state index contributed by atoms with van der Waals surface area (Å²) < 4.78 is 0. The molecule has 0 bridgehead atoms. The number of unbranched alkanes of at least 4 members (excludes halogenated alkanes) is 34. The summed E-state index contributed by atoms with van der Waals surface area (Å²) in [4.78, 5) is 12.5. The molecule has 66 heavy (non-hydrogen) atoms. The first-order valence-corrected chi connectivity index (χ1v) is 29.1. The van der Waals surface area contributed by atoms with Gasteiger partial charge in [0.2, 0.25) is 5.91 Å². The molecule has 0 aliphatic carbocycles. The first kappa shape index (κ1) is 63.8. The van der Waals surface area contributed by atoms with E-state index in [0.717, 1.165) is 64.2 Å². The van der Waals surface area contributed by atoms with Crippen molar-refractivity contribution in [2.75, 3.05) is 6.61 Å². The van der Waals surface area contributed by atoms with Crippen LogP contribution in [-0.2, 0) is 4.79 Å². The van der Waals surface area contributed by atoms with Crippen molar-refractivity contribution in [3.8, 4) is 0 Å². The molecule has 0 radical (unpaired) electrons. The molecule has 0 fully saturated rings. The summed E-state index contributed by atoms with van der Waals surface area (Å²) >= 11 is 0. The van der Waals surface area contributed by atoms with Gasteiger partial charge in [-0.1, -0.05) is 299 Å². The van der Waals surface area contributed by atoms with Crippen LogP contribution in [0.2, 0.25) is 0 Å². The Morgan fingerprint density at radius 3 is 1.00 bits per heavy atom. The van der Waals surface area contributed by atoms with Crippen molar-refractivity contribution in [1.82, 2.24) is 5.32 Å². The Morgan fingerprint density at radius 2 is 0.667 bits per heavy atom. The Labute approximate surface area is 412 Å². The van der Waals surface area contributed by atoms with E-state index in [-0.39, 0.29) is 12.5 Å². The SMILES string of the molecule is CC/C=C\C/C=C\C/C=C\C/C=C\C/C=C\C/C=C\CCCCCCCCCCCCCCC(=O)NC(CO)C(O)CCCCCCCCCCCCCCCCCCCCCCCCC. The Bertz CT molecular complexity index is 1130. The average molecular weight is 921 g/mol. The minimum Gasteiger partial charge on any atom is -0.394 e. The Hall–Kier alpha value is -2.17. The van der Waals surface area contributed by atoms with Gasteiger partial charge in [0.25, 0.3) is 0 Å². The van der Waals surface area contributed by atoms with Gasteiger partial charge >= 0.3 is 0 Å². The lowest BCUT2D eigenvalue weighted by Gasteiger charge is -2.22. The van der Waals surface area contributed by atoms with Gasteiger partial charge in [-0.15, -0.1) is 0 Å². The van der Waals surface area contributed by atoms with Crippen molar-refractivity contribution in [2.45, 2.75) is 309 Å². The average Bonchev–Trinajstić information content (AvgIpc) is 3.32. The first-order chi connectivity index (χ1) is 32.7. The van der Waals surface area contributed by atoms with Crippen molar-refractivity contribution >= 4 is 5.91 Å². The lowest BCUT2D eigenvalue weighted by Crippen LogP contribution is -2.45. The van der Waals surface area contributed by atoms with Crippen molar-refractivity contribution in [3.63, 3.8) is 0 Å². The number of rotatable bonds is 53. The van der Waals surface area contributed by atoms with Crippen LogP contribution in [0.1, 0.15) is 296 Å². The minimum absolute atomic E-state index is 0.0326. The van der Waals surface area contributed by atoms with E-state index in [1.54, 1.807) is 0 Å². The normalized spacial score (nSPS) is 13.3. The van der Waals surface area contributed by atoms with Crippen LogP contribution >= 0.6 is 0 Å². The van der Waals surface area contributed by atoms with Crippen LogP contribution in [0.15, 0.2) is 72.9 Å². The van der Waals surface area contributed by atoms with E-state index in [0.29, 0.717) is 12.8 Å². The molecule has 4 nitrogen and oxygen atoms in total. The summed E-state index contributed by atoms with van der Waals surface area (Å²) in [5, 5.41) is 23.4. The maximum Gasteiger partial charge on any atom is 0.220 e. The fraction of sp³-hybridized carbons (Fsp3) is 0.790. The largest absolute Gasteiger partial charge is 0.394 e. The quantitative estimate of drug-likeness (QED) is 0.0421. The lowest BCUT2D eigenvalue weighted by atomic mass is 10.0. The molecule has 0 spiro atoms. The van der Waals surface area contributed by atoms with E-state index >= 15 is 0 Å². The predicted molar refractivity (Wildman–Crippen MR) is 294 cm³/mol. The molecular formula is C62H113NO3. The van der Waals surface area contributed by atoms with Crippen molar-refractivity contribution in [3.05, 3.63) is 72.9 Å². The molecule has 3 N–H and O–H groups in total. The highest BCUT2D eigenvalue weighted by molar-refractivity contribution is 5.76. The maximum absolute atomic E-state index is 12.5. The Morgan fingerprint density at radius 1 is 0.379 bits per heavy atom. The molecular weight excluding hydrogens is 807 g/mol. The van der Waals surface area contributed by atoms with E-state index in [9.17, 15) is 15.0 Å². The van der Waals surface area contributed by atoms with Crippen molar-refractivity contribution in [1.29, 1.82) is 0 Å². The van der Waals surface area contributed by atoms with Gasteiger partial charge in [-0.05, 0) is 64.2 Å². The molecule has 1 amide bonds. The number of carbonyl (C=O) groups is 1. The number of aliphatic hydroxyl groups excluding tert-OH is 2. The Balaban J connectivity index is 3.49. The fourth-order valence-electron chi connectivity index (χ4n) is 8.84. The number of nitrogens with one attached hydrogen (secondary N) is 1. The number of carbonyl (C=O) groups excluding carboxylic acids is 1. The number of aliphatic hydroxyl groups is 2. The van der Waals surface area contributed by atoms with Gasteiger partial charge in [-0.2, -0.15) is 0 Å². The van der Waals surface area contributed by atoms with Gasteiger partial charge in [0.1, 0.15) is 0 Å². The summed E-state index contributed by atoms with van der Waals surface area (Å²) in [5.74, 6) is -0.0326. The summed E-state index contributed by atoms with van der Waals surface area (Å²) in [6, 6.07) is -0.542. The van der Waals surface area contributed by atoms with Gasteiger partial charge in [0.15, 0.2) is 0 Å². The molecule has 0 saturated carbocycles. The lowest BCUT2D eigenvalue weighted by molar-refractivity contribution is -0.123. The fourth-order valence-corrected chi connectivity index (χ4v) is 8.84. The number of hydrogen-bond acceptors (Lipinski definition) is 3. The summed E-state index contributed by atoms with van der Waals surface area (Å²) in [7, 11) is 0. The molecule has 4 heteroatoms. The summed E-state index contributed by atoms with van der Waals surface area (Å²) in [6.07, 6.45) is 81.8. The molecule has 2 atom stereocenters. The second kappa shape index (κ2) is 57.1. The topological polar surface area (TPSA) is 69.6 Å². The summed E-state index contributed by atoms with van der Waals surface area (Å²) in [5.41, 5.74) is 0. The highest BCUT2D eigenvalue weighted by atomic mass is 16.3. The van der Waals surface area contributed by atoms with Crippen molar-refractivity contribution < 1.29 is 15.0 Å². The molecule has 0 aliphatic heterocycles. The van der Waals surface area contributed by atoms with Crippen LogP contribution < -0.4 is 5.32 Å². The van der Waals surface area contributed by atoms with Gasteiger partial charge in [0, 0.05) is 6.42 Å². The second-order valence-corrected chi connectivity index (χ2v) is 19.7. The van der Waals surface area contributed by atoms with Crippen LogP contribution in [0, 0.1) is 0 Å². The molecule has 0 aromatic heterocycles. The highest BCUT2D eigenvalue weighted by Crippen LogP contribution is 2.17. The molecule has 0 heterocycles. The molecule has 0 aliphatic rings. The van der Waals surface area contributed by atoms with Gasteiger partial charge in [-0.3, -0.25) is 4.79 Å². The smallest absolute Gasteiger partial charge is 0.220 e. The zero-order valence-corrected chi connectivity index (χ0v) is 44.2. The molecule has 384 valence electrons. The molecule has 0 aromatic rings. The zero-order valence-electron chi connectivity index (χ0n) is 44.2. The number of hydrogen-bond donors (Lipinski definition) is 3. The maximum atomic E-state index is 12.5. The van der Waals surface area contributed by atoms with Gasteiger partial charge in [0.05, 0.1) is 18.8 Å². The third-order valence-electron chi connectivity index (χ3n) is 13.2. The third-order valence-corrected chi connectivity index (χ3v) is 13.2. The van der Waals surface area contributed by atoms with Crippen LogP contribution in [0.25, 0.3) is 0 Å². The van der Waals surface area contributed by atoms with Gasteiger partial charge < -0.3 is 15.5 Å². The van der Waals surface area contributed by atoms with Crippen LogP contribution in [0.3, 0.4) is 0 Å². The molecule has 0 aromatic carbocycles. The van der Waals surface area contributed by atoms with Crippen molar-refractivity contribution in [2.24, 2.45) is 0 Å². The standard InChI is InChI=1S/C62H113NO3/c1-3-5-7-9-11-13-15-17-19-21-23-25-27-28-29-30-31-32-33-34-36-38-40-42-44-46-48-50-52-54-56-58-62(66)63-60(59-64)61(65)57-55-53-51-49-47-45-43-41-39-37-35-26-24-22-20-18-16-14-12-10-8-6-4-2/h5,7,11,13,17,19,23,25,28-29,31-32,60-61,64-65H,3-4,6,8-10,12,14-16,18,20-22,24,26-27,30,33-59H2,1-2H3,(H,63,66)/b7-5-,13-11-,19-17-,25-23-,29-28-,32-31-. The highest BCUT2D eigenvalue weighted by Gasteiger charge is 2.20. The van der Waals surface area contributed by atoms with Crippen LogP contribution in [-0.4, -0.2) is 34.9 Å². The Kier molecular flexibility index (Phi) is 55.3. The van der Waals surface area contributed by atoms with E-state index in [1.165, 1.54) is 205 Å². The molecule has 0 rings (SSSR count). The third kappa shape index (κ3) is 52.8.